The van der Waals surface area contributed by atoms with Crippen molar-refractivity contribution < 1.29 is 18.6 Å². The molecule has 3 aliphatic rings. The van der Waals surface area contributed by atoms with Crippen molar-refractivity contribution in [1.29, 1.82) is 0 Å². The summed E-state index contributed by atoms with van der Waals surface area (Å²) in [4.78, 5) is 0. The molecule has 0 N–H and O–H groups in total. The van der Waals surface area contributed by atoms with Gasteiger partial charge in [0.05, 0.1) is 22.4 Å². The van der Waals surface area contributed by atoms with Crippen LogP contribution in [0, 0.1) is 0 Å². The van der Waals surface area contributed by atoms with Crippen LogP contribution in [0.15, 0.2) is 97.1 Å². The highest BCUT2D eigenvalue weighted by Gasteiger charge is 2.53. The molecular formula is C38H42B2O4. The van der Waals surface area contributed by atoms with Gasteiger partial charge in [0.15, 0.2) is 0 Å². The monoisotopic (exact) mass is 584 g/mol. The first kappa shape index (κ1) is 29.6. The van der Waals surface area contributed by atoms with Gasteiger partial charge in [-0.2, -0.15) is 0 Å². The summed E-state index contributed by atoms with van der Waals surface area (Å²) >= 11 is 0. The van der Waals surface area contributed by atoms with E-state index in [0.29, 0.717) is 0 Å². The van der Waals surface area contributed by atoms with Crippen LogP contribution in [0.2, 0.25) is 0 Å². The highest BCUT2D eigenvalue weighted by molar-refractivity contribution is 6.62. The number of fused-ring (bicyclic) bond motifs is 3. The Labute approximate surface area is 263 Å². The number of hydrogen-bond donors (Lipinski definition) is 0. The van der Waals surface area contributed by atoms with Crippen LogP contribution in [0.3, 0.4) is 0 Å². The largest absolute Gasteiger partial charge is 0.494 e. The molecule has 0 radical (unpaired) electrons. The van der Waals surface area contributed by atoms with Crippen molar-refractivity contribution in [3.8, 4) is 11.1 Å². The molecule has 0 bridgehead atoms. The lowest BCUT2D eigenvalue weighted by molar-refractivity contribution is 0.00578. The molecule has 1 aliphatic carbocycles. The normalized spacial score (nSPS) is 24.2. The zero-order chi connectivity index (χ0) is 31.1. The predicted octanol–water partition coefficient (Wildman–Crippen LogP) is 7.23. The van der Waals surface area contributed by atoms with Gasteiger partial charge in [0.1, 0.15) is 0 Å². The van der Waals surface area contributed by atoms with Crippen LogP contribution >= 0.6 is 0 Å². The quantitative estimate of drug-likeness (QED) is 0.237. The van der Waals surface area contributed by atoms with Crippen LogP contribution in [0.5, 0.6) is 0 Å². The Bertz CT molecular complexity index is 1570. The summed E-state index contributed by atoms with van der Waals surface area (Å²) < 4.78 is 25.9. The first-order chi connectivity index (χ1) is 20.8. The maximum atomic E-state index is 6.49. The number of hydrogen-bond acceptors (Lipinski definition) is 4. The van der Waals surface area contributed by atoms with Gasteiger partial charge in [-0.1, -0.05) is 97.1 Å². The van der Waals surface area contributed by atoms with Crippen molar-refractivity contribution in [2.75, 3.05) is 0 Å². The summed E-state index contributed by atoms with van der Waals surface area (Å²) in [6, 6.07) is 35.4. The van der Waals surface area contributed by atoms with Crippen molar-refractivity contribution in [3.05, 3.63) is 119 Å². The maximum Gasteiger partial charge on any atom is 0.494 e. The molecule has 2 aliphatic heterocycles. The van der Waals surface area contributed by atoms with E-state index in [-0.39, 0.29) is 11.8 Å². The summed E-state index contributed by atoms with van der Waals surface area (Å²) in [5, 5.41) is 0. The molecule has 224 valence electrons. The third-order valence-corrected chi connectivity index (χ3v) is 10.8. The summed E-state index contributed by atoms with van der Waals surface area (Å²) in [7, 11) is -0.840. The summed E-state index contributed by atoms with van der Waals surface area (Å²) in [5.41, 5.74) is 8.17. The first-order valence-electron chi connectivity index (χ1n) is 15.9. The lowest BCUT2D eigenvalue weighted by Gasteiger charge is -2.37. The van der Waals surface area contributed by atoms with Crippen molar-refractivity contribution in [2.24, 2.45) is 0 Å². The minimum absolute atomic E-state index is 0.0806. The van der Waals surface area contributed by atoms with Gasteiger partial charge in [-0.3, -0.25) is 0 Å². The Hall–Kier alpha value is -3.15. The molecular weight excluding hydrogens is 542 g/mol. The van der Waals surface area contributed by atoms with E-state index in [1.807, 2.05) is 0 Å². The smallest absolute Gasteiger partial charge is 0.399 e. The fourth-order valence-corrected chi connectivity index (χ4v) is 6.89. The minimum atomic E-state index is -0.420. The van der Waals surface area contributed by atoms with Crippen LogP contribution in [-0.2, 0) is 18.6 Å². The van der Waals surface area contributed by atoms with E-state index in [1.165, 1.54) is 33.4 Å². The summed E-state index contributed by atoms with van der Waals surface area (Å²) in [6.07, 6.45) is 0. The second-order valence-corrected chi connectivity index (χ2v) is 14.6. The minimum Gasteiger partial charge on any atom is -0.399 e. The molecule has 4 aromatic rings. The van der Waals surface area contributed by atoms with Gasteiger partial charge < -0.3 is 18.6 Å². The number of benzene rings is 4. The summed E-state index contributed by atoms with van der Waals surface area (Å²) in [6.45, 7) is 16.8. The Kier molecular flexibility index (Phi) is 6.84. The number of rotatable bonds is 4. The van der Waals surface area contributed by atoms with Crippen molar-refractivity contribution in [2.45, 2.75) is 89.6 Å². The SMILES string of the molecule is CC1(C)OB(c2cccc(C3c4ccccc4-c4ccccc4C3c3cccc(B4OC(C)(C)C(C)(C)O4)c3)c2)OC1(C)C. The lowest BCUT2D eigenvalue weighted by atomic mass is 9.65. The summed E-state index contributed by atoms with van der Waals surface area (Å²) in [5.74, 6) is 0.161. The van der Waals surface area contributed by atoms with Crippen molar-refractivity contribution in [1.82, 2.24) is 0 Å². The lowest BCUT2D eigenvalue weighted by Crippen LogP contribution is -2.41. The average Bonchev–Trinajstić information content (AvgIpc) is 3.36. The molecule has 2 saturated heterocycles. The topological polar surface area (TPSA) is 36.9 Å². The molecule has 0 saturated carbocycles. The highest BCUT2D eigenvalue weighted by Crippen LogP contribution is 2.52. The maximum absolute atomic E-state index is 6.49. The first-order valence-corrected chi connectivity index (χ1v) is 15.9. The Balaban J connectivity index is 1.36. The highest BCUT2D eigenvalue weighted by atomic mass is 16.7. The third-order valence-electron chi connectivity index (χ3n) is 10.8. The fourth-order valence-electron chi connectivity index (χ4n) is 6.89. The van der Waals surface area contributed by atoms with Gasteiger partial charge in [-0.25, -0.2) is 0 Å². The fraction of sp³-hybridized carbons (Fsp3) is 0.368. The van der Waals surface area contributed by atoms with Crippen molar-refractivity contribution in [3.63, 3.8) is 0 Å². The predicted molar refractivity (Wildman–Crippen MR) is 180 cm³/mol. The van der Waals surface area contributed by atoms with Gasteiger partial charge in [0.25, 0.3) is 0 Å². The zero-order valence-electron chi connectivity index (χ0n) is 27.2. The zero-order valence-corrected chi connectivity index (χ0v) is 27.2. The van der Waals surface area contributed by atoms with E-state index < -0.39 is 36.6 Å². The second-order valence-electron chi connectivity index (χ2n) is 14.6. The van der Waals surface area contributed by atoms with Crippen LogP contribution in [0.4, 0.5) is 0 Å². The third kappa shape index (κ3) is 4.70. The standard InChI is InChI=1S/C38H42B2O4/c1-35(2)36(3,4)42-39(41-35)27-17-13-15-25(23-27)33-31-21-11-9-19-29(31)30-20-10-12-22-32(30)34(33)26-16-14-18-28(24-26)40-43-37(5,6)38(7,8)44-40/h9-24,33-34H,1-8H3. The Morgan fingerprint density at radius 1 is 0.432 bits per heavy atom. The molecule has 44 heavy (non-hydrogen) atoms. The molecule has 7 rings (SSSR count). The molecule has 4 nitrogen and oxygen atoms in total. The van der Waals surface area contributed by atoms with Crippen LogP contribution in [0.25, 0.3) is 11.1 Å². The molecule has 4 aromatic carbocycles. The van der Waals surface area contributed by atoms with E-state index in [2.05, 4.69) is 152 Å². The van der Waals surface area contributed by atoms with E-state index in [0.717, 1.165) is 10.9 Å². The second kappa shape index (κ2) is 10.2. The molecule has 0 aromatic heterocycles. The molecule has 2 heterocycles. The molecule has 2 atom stereocenters. The molecule has 6 heteroatoms. The van der Waals surface area contributed by atoms with Gasteiger partial charge in [-0.05, 0) is 99.7 Å². The van der Waals surface area contributed by atoms with Crippen molar-refractivity contribution >= 4 is 25.2 Å². The van der Waals surface area contributed by atoms with Crippen LogP contribution in [-0.4, -0.2) is 36.6 Å². The van der Waals surface area contributed by atoms with Gasteiger partial charge in [0.2, 0.25) is 0 Å². The molecule has 0 spiro atoms. The molecule has 2 unspecified atom stereocenters. The van der Waals surface area contributed by atoms with Gasteiger partial charge in [-0.15, -0.1) is 0 Å². The molecule has 0 amide bonds. The Morgan fingerprint density at radius 2 is 0.773 bits per heavy atom. The van der Waals surface area contributed by atoms with E-state index in [4.69, 9.17) is 18.6 Å². The van der Waals surface area contributed by atoms with Gasteiger partial charge in [0, 0.05) is 11.8 Å². The van der Waals surface area contributed by atoms with Gasteiger partial charge >= 0.3 is 14.2 Å². The Morgan fingerprint density at radius 3 is 1.14 bits per heavy atom. The van der Waals surface area contributed by atoms with E-state index in [1.54, 1.807) is 0 Å². The van der Waals surface area contributed by atoms with E-state index in [9.17, 15) is 0 Å². The van der Waals surface area contributed by atoms with Crippen LogP contribution in [0.1, 0.15) is 89.5 Å². The molecule has 2 fully saturated rings. The average molecular weight is 584 g/mol. The van der Waals surface area contributed by atoms with E-state index >= 15 is 0 Å². The van der Waals surface area contributed by atoms with Crippen LogP contribution < -0.4 is 10.9 Å².